The number of rotatable bonds is 9. The van der Waals surface area contributed by atoms with Gasteiger partial charge in [0.15, 0.2) is 0 Å². The number of benzene rings is 2. The molecule has 0 aliphatic carbocycles. The van der Waals surface area contributed by atoms with Crippen molar-refractivity contribution in [1.29, 1.82) is 0 Å². The zero-order valence-corrected chi connectivity index (χ0v) is 15.6. The highest BCUT2D eigenvalue weighted by Gasteiger charge is 2.15. The molecule has 0 aromatic heterocycles. The summed E-state index contributed by atoms with van der Waals surface area (Å²) in [4.78, 5) is 13.3. The molecule has 0 spiro atoms. The number of hydrogen-bond donors (Lipinski definition) is 2. The zero-order valence-electron chi connectivity index (χ0n) is 14.8. The molecule has 5 heteroatoms. The third kappa shape index (κ3) is 6.44. The van der Waals surface area contributed by atoms with E-state index in [-0.39, 0.29) is 5.91 Å². The van der Waals surface area contributed by atoms with Gasteiger partial charge >= 0.3 is 0 Å². The van der Waals surface area contributed by atoms with Gasteiger partial charge in [0.2, 0.25) is 5.91 Å². The van der Waals surface area contributed by atoms with Crippen molar-refractivity contribution in [3.05, 3.63) is 60.2 Å². The van der Waals surface area contributed by atoms with E-state index in [1.165, 1.54) is 0 Å². The molecule has 2 rings (SSSR count). The summed E-state index contributed by atoms with van der Waals surface area (Å²) in [5, 5.41) is 2.96. The maximum Gasteiger partial charge on any atom is 0.237 e. The molecule has 0 saturated carbocycles. The van der Waals surface area contributed by atoms with Crippen LogP contribution in [-0.2, 0) is 11.2 Å². The molecule has 3 N–H and O–H groups in total. The predicted molar refractivity (Wildman–Crippen MR) is 104 cm³/mol. The van der Waals surface area contributed by atoms with Gasteiger partial charge in [-0.3, -0.25) is 4.79 Å². The first-order valence-corrected chi connectivity index (χ1v) is 9.41. The van der Waals surface area contributed by atoms with Crippen LogP contribution in [0.25, 0.3) is 0 Å². The molecule has 0 aliphatic rings. The van der Waals surface area contributed by atoms with E-state index in [1.807, 2.05) is 54.6 Å². The van der Waals surface area contributed by atoms with Crippen molar-refractivity contribution in [2.45, 2.75) is 24.3 Å². The van der Waals surface area contributed by atoms with Crippen molar-refractivity contribution in [3.63, 3.8) is 0 Å². The number of thioether (sulfide) groups is 1. The molecule has 4 nitrogen and oxygen atoms in total. The highest BCUT2D eigenvalue weighted by atomic mass is 32.2. The Morgan fingerprint density at radius 3 is 2.56 bits per heavy atom. The maximum atomic E-state index is 12.2. The summed E-state index contributed by atoms with van der Waals surface area (Å²) in [5.41, 5.74) is 7.08. The quantitative estimate of drug-likeness (QED) is 0.676. The number of ether oxygens (including phenoxy) is 1. The first-order chi connectivity index (χ1) is 12.1. The standard InChI is InChI=1S/C20H26N2O2S/c1-15(14-25-19-11-7-6-10-18(19)24-2)13-22-20(23)17(21)12-16-8-4-3-5-9-16/h3-11,15,17H,12-14,21H2,1-2H3,(H,22,23)/t15?,17-/m0/s1. The lowest BCUT2D eigenvalue weighted by atomic mass is 10.1. The molecule has 2 aromatic carbocycles. The van der Waals surface area contributed by atoms with E-state index in [9.17, 15) is 4.79 Å². The SMILES string of the molecule is COc1ccccc1SCC(C)CNC(=O)[C@@H](N)Cc1ccccc1. The molecule has 0 fully saturated rings. The lowest BCUT2D eigenvalue weighted by molar-refractivity contribution is -0.122. The summed E-state index contributed by atoms with van der Waals surface area (Å²) in [6, 6.07) is 17.3. The number of nitrogens with one attached hydrogen (secondary N) is 1. The highest BCUT2D eigenvalue weighted by Crippen LogP contribution is 2.29. The van der Waals surface area contributed by atoms with Gasteiger partial charge in [-0.2, -0.15) is 0 Å². The van der Waals surface area contributed by atoms with Crippen LogP contribution >= 0.6 is 11.8 Å². The summed E-state index contributed by atoms with van der Waals surface area (Å²) in [6.45, 7) is 2.73. The summed E-state index contributed by atoms with van der Waals surface area (Å²) in [6.07, 6.45) is 0.553. The van der Waals surface area contributed by atoms with Gasteiger partial charge in [0.05, 0.1) is 13.2 Å². The lowest BCUT2D eigenvalue weighted by Gasteiger charge is -2.16. The Hall–Kier alpha value is -1.98. The van der Waals surface area contributed by atoms with Gasteiger partial charge in [0.25, 0.3) is 0 Å². The van der Waals surface area contributed by atoms with Gasteiger partial charge in [-0.25, -0.2) is 0 Å². The number of carbonyl (C=O) groups excluding carboxylic acids is 1. The second-order valence-corrected chi connectivity index (χ2v) is 7.17. The second kappa shape index (κ2) is 10.1. The molecule has 2 aromatic rings. The molecular formula is C20H26N2O2S. The first-order valence-electron chi connectivity index (χ1n) is 8.43. The van der Waals surface area contributed by atoms with Crippen LogP contribution in [0.3, 0.4) is 0 Å². The normalized spacial score (nSPS) is 13.1. The summed E-state index contributed by atoms with van der Waals surface area (Å²) in [5.74, 6) is 2.02. The molecule has 0 aliphatic heterocycles. The minimum Gasteiger partial charge on any atom is -0.496 e. The molecule has 0 saturated heterocycles. The van der Waals surface area contributed by atoms with Gasteiger partial charge in [-0.05, 0) is 30.0 Å². The van der Waals surface area contributed by atoms with Crippen molar-refractivity contribution in [3.8, 4) is 5.75 Å². The van der Waals surface area contributed by atoms with Crippen molar-refractivity contribution in [2.75, 3.05) is 19.4 Å². The molecule has 2 atom stereocenters. The molecule has 25 heavy (non-hydrogen) atoms. The Bertz CT molecular complexity index is 664. The fourth-order valence-electron chi connectivity index (χ4n) is 2.40. The van der Waals surface area contributed by atoms with Crippen molar-refractivity contribution >= 4 is 17.7 Å². The van der Waals surface area contributed by atoms with E-state index >= 15 is 0 Å². The fourth-order valence-corrected chi connectivity index (χ4v) is 3.45. The highest BCUT2D eigenvalue weighted by molar-refractivity contribution is 7.99. The van der Waals surface area contributed by atoms with E-state index in [1.54, 1.807) is 18.9 Å². The maximum absolute atomic E-state index is 12.2. The van der Waals surface area contributed by atoms with Crippen molar-refractivity contribution in [1.82, 2.24) is 5.32 Å². The monoisotopic (exact) mass is 358 g/mol. The Kier molecular flexibility index (Phi) is 7.82. The topological polar surface area (TPSA) is 64.3 Å². The van der Waals surface area contributed by atoms with Crippen LogP contribution in [0.5, 0.6) is 5.75 Å². The van der Waals surface area contributed by atoms with Crippen LogP contribution in [0, 0.1) is 5.92 Å². The Morgan fingerprint density at radius 2 is 1.84 bits per heavy atom. The van der Waals surface area contributed by atoms with Crippen molar-refractivity contribution < 1.29 is 9.53 Å². The number of amides is 1. The smallest absolute Gasteiger partial charge is 0.237 e. The van der Waals surface area contributed by atoms with E-state index in [4.69, 9.17) is 10.5 Å². The average molecular weight is 359 g/mol. The number of nitrogens with two attached hydrogens (primary N) is 1. The second-order valence-electron chi connectivity index (χ2n) is 6.11. The molecule has 0 radical (unpaired) electrons. The molecule has 1 amide bonds. The van der Waals surface area contributed by atoms with Gasteiger partial charge in [-0.1, -0.05) is 49.4 Å². The van der Waals surface area contributed by atoms with E-state index in [0.29, 0.717) is 18.9 Å². The van der Waals surface area contributed by atoms with Crippen LogP contribution < -0.4 is 15.8 Å². The molecule has 0 bridgehead atoms. The van der Waals surface area contributed by atoms with Crippen LogP contribution in [0.4, 0.5) is 0 Å². The van der Waals surface area contributed by atoms with Gasteiger partial charge in [0, 0.05) is 17.2 Å². The van der Waals surface area contributed by atoms with E-state index < -0.39 is 6.04 Å². The van der Waals surface area contributed by atoms with Gasteiger partial charge < -0.3 is 15.8 Å². The largest absolute Gasteiger partial charge is 0.496 e. The van der Waals surface area contributed by atoms with Crippen LogP contribution in [-0.4, -0.2) is 31.4 Å². The van der Waals surface area contributed by atoms with Gasteiger partial charge in [-0.15, -0.1) is 11.8 Å². The summed E-state index contributed by atoms with van der Waals surface area (Å²) < 4.78 is 5.36. The number of methoxy groups -OCH3 is 1. The Balaban J connectivity index is 1.73. The average Bonchev–Trinajstić information content (AvgIpc) is 2.65. The summed E-state index contributed by atoms with van der Waals surface area (Å²) in [7, 11) is 1.68. The number of para-hydroxylation sites is 1. The van der Waals surface area contributed by atoms with Gasteiger partial charge in [0.1, 0.15) is 5.75 Å². The fraction of sp³-hybridized carbons (Fsp3) is 0.350. The Labute approximate surface area is 154 Å². The molecule has 134 valence electrons. The molecule has 0 heterocycles. The third-order valence-electron chi connectivity index (χ3n) is 3.85. The lowest BCUT2D eigenvalue weighted by Crippen LogP contribution is -2.43. The van der Waals surface area contributed by atoms with E-state index in [2.05, 4.69) is 12.2 Å². The summed E-state index contributed by atoms with van der Waals surface area (Å²) >= 11 is 1.73. The van der Waals surface area contributed by atoms with E-state index in [0.717, 1.165) is 22.0 Å². The minimum atomic E-state index is -0.517. The molecule has 1 unspecified atom stereocenters. The van der Waals surface area contributed by atoms with Crippen LogP contribution in [0.1, 0.15) is 12.5 Å². The number of carbonyl (C=O) groups is 1. The Morgan fingerprint density at radius 1 is 1.16 bits per heavy atom. The molecular weight excluding hydrogens is 332 g/mol. The third-order valence-corrected chi connectivity index (χ3v) is 5.24. The minimum absolute atomic E-state index is 0.0991. The van der Waals surface area contributed by atoms with Crippen LogP contribution in [0.15, 0.2) is 59.5 Å². The zero-order chi connectivity index (χ0) is 18.1. The predicted octanol–water partition coefficient (Wildman–Crippen LogP) is 3.11. The van der Waals surface area contributed by atoms with Crippen molar-refractivity contribution in [2.24, 2.45) is 11.7 Å². The first kappa shape index (κ1) is 19.3. The van der Waals surface area contributed by atoms with Crippen LogP contribution in [0.2, 0.25) is 0 Å². The number of hydrogen-bond acceptors (Lipinski definition) is 4.